The second kappa shape index (κ2) is 9.63. The molecule has 3 aromatic carbocycles. The third kappa shape index (κ3) is 3.69. The average molecular weight is 593 g/mol. The number of phenolic OH excluding ortho intramolecular Hbond substituents is 1. The van der Waals surface area contributed by atoms with Gasteiger partial charge in [0, 0.05) is 12.0 Å². The molecule has 0 bridgehead atoms. The Balaban J connectivity index is 1.33. The van der Waals surface area contributed by atoms with Gasteiger partial charge in [0.15, 0.2) is 0 Å². The van der Waals surface area contributed by atoms with Crippen LogP contribution in [-0.2, 0) is 19.2 Å². The molecular weight excluding hydrogens is 564 g/mol. The standard InChI is InChI=1S/C34H28N2O8/c1-34-25(30(40)36(33(34)44)18-5-3-2-4-6-18)16-24-21(28(34)17-7-10-20(37)11-8-17)13-14-23-27(24)31(41)35(29(23)39)19-9-12-22(32(42)43)26(38)15-19/h2-13,15,23-25,27-28,37-38H,14,16H2,1H3,(H,42,43)/t23-,24+,25-,27-,28-,34+/m0/s1. The number of amides is 4. The predicted octanol–water partition coefficient (Wildman–Crippen LogP) is 4.23. The third-order valence-electron chi connectivity index (χ3n) is 9.99. The van der Waals surface area contributed by atoms with Crippen LogP contribution in [0.1, 0.15) is 41.6 Å². The van der Waals surface area contributed by atoms with Crippen LogP contribution in [0.25, 0.3) is 0 Å². The van der Waals surface area contributed by atoms with Gasteiger partial charge in [-0.15, -0.1) is 0 Å². The van der Waals surface area contributed by atoms with Crippen molar-refractivity contribution in [2.24, 2.45) is 29.1 Å². The molecule has 3 aromatic rings. The fourth-order valence-electron chi connectivity index (χ4n) is 7.98. The first kappa shape index (κ1) is 27.6. The highest BCUT2D eigenvalue weighted by atomic mass is 16.4. The van der Waals surface area contributed by atoms with Gasteiger partial charge >= 0.3 is 5.97 Å². The van der Waals surface area contributed by atoms with Crippen LogP contribution in [0.4, 0.5) is 11.4 Å². The highest BCUT2D eigenvalue weighted by molar-refractivity contribution is 6.25. The van der Waals surface area contributed by atoms with E-state index >= 15 is 0 Å². The lowest BCUT2D eigenvalue weighted by Crippen LogP contribution is -2.48. The number of allylic oxidation sites excluding steroid dienone is 2. The zero-order chi connectivity index (χ0) is 31.1. The van der Waals surface area contributed by atoms with Crippen LogP contribution in [0, 0.1) is 29.1 Å². The number of carboxylic acids is 1. The first-order valence-corrected chi connectivity index (χ1v) is 14.4. The van der Waals surface area contributed by atoms with Gasteiger partial charge in [-0.25, -0.2) is 14.6 Å². The van der Waals surface area contributed by atoms with Gasteiger partial charge in [-0.05, 0) is 67.6 Å². The van der Waals surface area contributed by atoms with Crippen molar-refractivity contribution >= 4 is 41.0 Å². The van der Waals surface area contributed by atoms with Crippen molar-refractivity contribution in [1.29, 1.82) is 0 Å². The number of aromatic hydroxyl groups is 2. The van der Waals surface area contributed by atoms with Crippen molar-refractivity contribution in [3.8, 4) is 11.5 Å². The number of nitrogens with zero attached hydrogens (tertiary/aromatic N) is 2. The van der Waals surface area contributed by atoms with Gasteiger partial charge < -0.3 is 15.3 Å². The number of carbonyl (C=O) groups excluding carboxylic acids is 4. The zero-order valence-corrected chi connectivity index (χ0v) is 23.6. The molecule has 44 heavy (non-hydrogen) atoms. The van der Waals surface area contributed by atoms with Gasteiger partial charge in [0.1, 0.15) is 17.1 Å². The molecule has 10 nitrogen and oxygen atoms in total. The van der Waals surface area contributed by atoms with Crippen LogP contribution in [0.3, 0.4) is 0 Å². The van der Waals surface area contributed by atoms with E-state index in [1.807, 2.05) is 6.08 Å². The number of carboxylic acid groups (broad SMARTS) is 1. The number of benzene rings is 3. The number of rotatable bonds is 4. The molecule has 7 rings (SSSR count). The van der Waals surface area contributed by atoms with Crippen molar-refractivity contribution in [3.05, 3.63) is 95.6 Å². The molecule has 222 valence electrons. The van der Waals surface area contributed by atoms with Gasteiger partial charge in [0.25, 0.3) is 0 Å². The smallest absolute Gasteiger partial charge is 0.339 e. The molecule has 0 unspecified atom stereocenters. The van der Waals surface area contributed by atoms with Gasteiger partial charge in [-0.3, -0.25) is 19.2 Å². The second-order valence-corrected chi connectivity index (χ2v) is 12.1. The fourth-order valence-corrected chi connectivity index (χ4v) is 7.98. The molecule has 2 saturated heterocycles. The zero-order valence-electron chi connectivity index (χ0n) is 23.6. The molecule has 0 radical (unpaired) electrons. The average Bonchev–Trinajstić information content (AvgIpc) is 3.37. The highest BCUT2D eigenvalue weighted by Crippen LogP contribution is 2.63. The van der Waals surface area contributed by atoms with Crippen LogP contribution >= 0.6 is 0 Å². The Morgan fingerprint density at radius 3 is 2.18 bits per heavy atom. The summed E-state index contributed by atoms with van der Waals surface area (Å²) in [6.45, 7) is 1.79. The van der Waals surface area contributed by atoms with E-state index in [0.29, 0.717) is 11.3 Å². The molecule has 1 saturated carbocycles. The summed E-state index contributed by atoms with van der Waals surface area (Å²) in [7, 11) is 0. The fraction of sp³-hybridized carbons (Fsp3) is 0.265. The highest BCUT2D eigenvalue weighted by Gasteiger charge is 2.67. The largest absolute Gasteiger partial charge is 0.508 e. The summed E-state index contributed by atoms with van der Waals surface area (Å²) in [5.74, 6) is -7.01. The Kier molecular flexibility index (Phi) is 6.04. The van der Waals surface area contributed by atoms with Crippen molar-refractivity contribution in [2.75, 3.05) is 9.80 Å². The molecular formula is C34H28N2O8. The Labute approximate surface area is 251 Å². The number of imide groups is 2. The predicted molar refractivity (Wildman–Crippen MR) is 157 cm³/mol. The van der Waals surface area contributed by atoms with E-state index in [1.165, 1.54) is 23.1 Å². The Bertz CT molecular complexity index is 1800. The Morgan fingerprint density at radius 1 is 0.818 bits per heavy atom. The van der Waals surface area contributed by atoms with Crippen molar-refractivity contribution in [3.63, 3.8) is 0 Å². The normalized spacial score (nSPS) is 29.3. The minimum atomic E-state index is -1.35. The number of aromatic carboxylic acids is 1. The summed E-state index contributed by atoms with van der Waals surface area (Å²) in [5.41, 5.74) is 0.493. The lowest BCUT2D eigenvalue weighted by Gasteiger charge is -2.49. The van der Waals surface area contributed by atoms with Gasteiger partial charge in [-0.2, -0.15) is 0 Å². The van der Waals surface area contributed by atoms with E-state index in [9.17, 15) is 39.3 Å². The summed E-state index contributed by atoms with van der Waals surface area (Å²) in [4.78, 5) is 69.9. The van der Waals surface area contributed by atoms with Crippen LogP contribution in [0.2, 0.25) is 0 Å². The van der Waals surface area contributed by atoms with Crippen LogP contribution in [-0.4, -0.2) is 44.9 Å². The number of carbonyl (C=O) groups is 5. The molecule has 4 amide bonds. The molecule has 0 spiro atoms. The van der Waals surface area contributed by atoms with Gasteiger partial charge in [0.2, 0.25) is 23.6 Å². The molecule has 6 atom stereocenters. The molecule has 10 heteroatoms. The van der Waals surface area contributed by atoms with Crippen molar-refractivity contribution in [2.45, 2.75) is 25.7 Å². The number of anilines is 2. The lowest BCUT2D eigenvalue weighted by molar-refractivity contribution is -0.131. The van der Waals surface area contributed by atoms with Crippen LogP contribution in [0.15, 0.2) is 84.4 Å². The molecule has 2 aliphatic carbocycles. The second-order valence-electron chi connectivity index (χ2n) is 12.1. The SMILES string of the molecule is C[C@@]12C(=O)N(c3ccccc3)C(=O)[C@@H]1C[C@@H]1C(=CC[C@@H]3C(=O)N(c4ccc(C(=O)O)c(O)c4)C(=O)[C@@H]31)[C@@H]2c1ccc(O)cc1. The van der Waals surface area contributed by atoms with E-state index in [-0.39, 0.29) is 41.7 Å². The van der Waals surface area contributed by atoms with E-state index in [1.54, 1.807) is 49.4 Å². The maximum Gasteiger partial charge on any atom is 0.339 e. The molecule has 3 fully saturated rings. The summed E-state index contributed by atoms with van der Waals surface area (Å²) in [6.07, 6.45) is 2.34. The minimum absolute atomic E-state index is 0.0459. The first-order valence-electron chi connectivity index (χ1n) is 14.4. The number of hydrogen-bond donors (Lipinski definition) is 3. The number of para-hydroxylation sites is 1. The maximum absolute atomic E-state index is 14.3. The first-order chi connectivity index (χ1) is 21.0. The molecule has 4 aliphatic rings. The maximum atomic E-state index is 14.3. The molecule has 2 aliphatic heterocycles. The third-order valence-corrected chi connectivity index (χ3v) is 9.99. The van der Waals surface area contributed by atoms with E-state index in [2.05, 4.69) is 0 Å². The summed E-state index contributed by atoms with van der Waals surface area (Å²) < 4.78 is 0. The number of fused-ring (bicyclic) bond motifs is 4. The number of phenols is 2. The number of hydrogen-bond acceptors (Lipinski definition) is 7. The van der Waals surface area contributed by atoms with Gasteiger partial charge in [-0.1, -0.05) is 42.0 Å². The Hall–Kier alpha value is -5.25. The van der Waals surface area contributed by atoms with Crippen LogP contribution in [0.5, 0.6) is 11.5 Å². The quantitative estimate of drug-likeness (QED) is 0.301. The molecule has 3 N–H and O–H groups in total. The lowest BCUT2D eigenvalue weighted by atomic mass is 9.51. The molecule has 2 heterocycles. The van der Waals surface area contributed by atoms with Gasteiger partial charge in [0.05, 0.1) is 34.5 Å². The van der Waals surface area contributed by atoms with Crippen LogP contribution < -0.4 is 9.80 Å². The van der Waals surface area contributed by atoms with Crippen molar-refractivity contribution < 1.29 is 39.3 Å². The van der Waals surface area contributed by atoms with Crippen molar-refractivity contribution in [1.82, 2.24) is 0 Å². The summed E-state index contributed by atoms with van der Waals surface area (Å²) >= 11 is 0. The van der Waals surface area contributed by atoms with E-state index < -0.39 is 58.5 Å². The van der Waals surface area contributed by atoms with E-state index in [4.69, 9.17) is 0 Å². The summed E-state index contributed by atoms with van der Waals surface area (Å²) in [5, 5.41) is 29.6. The van der Waals surface area contributed by atoms with E-state index in [0.717, 1.165) is 22.6 Å². The Morgan fingerprint density at radius 2 is 1.52 bits per heavy atom. The monoisotopic (exact) mass is 592 g/mol. The topological polar surface area (TPSA) is 153 Å². The molecule has 0 aromatic heterocycles. The summed E-state index contributed by atoms with van der Waals surface area (Å²) in [6, 6.07) is 18.8. The minimum Gasteiger partial charge on any atom is -0.508 e.